The van der Waals surface area contributed by atoms with E-state index in [1.807, 2.05) is 63.2 Å². The van der Waals surface area contributed by atoms with Crippen LogP contribution >= 0.6 is 0 Å². The summed E-state index contributed by atoms with van der Waals surface area (Å²) in [7, 11) is -1.95. The van der Waals surface area contributed by atoms with Gasteiger partial charge in [0.25, 0.3) is 0 Å². The van der Waals surface area contributed by atoms with Crippen molar-refractivity contribution in [2.45, 2.75) is 66.0 Å². The molecule has 0 saturated carbocycles. The fraction of sp³-hybridized carbons (Fsp3) is 0.500. The molecule has 2 aromatic rings. The highest BCUT2D eigenvalue weighted by atomic mass is 32.2. The number of carbonyl (C=O) groups is 2. The van der Waals surface area contributed by atoms with Gasteiger partial charge in [-0.3, -0.25) is 13.9 Å². The van der Waals surface area contributed by atoms with E-state index in [4.69, 9.17) is 4.74 Å². The third-order valence-electron chi connectivity index (χ3n) is 6.16. The third kappa shape index (κ3) is 9.39. The molecule has 2 rings (SSSR count). The van der Waals surface area contributed by atoms with Gasteiger partial charge in [0.15, 0.2) is 0 Å². The fourth-order valence-corrected chi connectivity index (χ4v) is 5.09. The molecule has 0 aliphatic rings. The molecule has 0 heterocycles. The molecule has 0 fully saturated rings. The van der Waals surface area contributed by atoms with E-state index in [-0.39, 0.29) is 31.3 Å². The smallest absolute Gasteiger partial charge is 0.242 e. The van der Waals surface area contributed by atoms with Gasteiger partial charge >= 0.3 is 0 Å². The van der Waals surface area contributed by atoms with Crippen molar-refractivity contribution >= 4 is 27.5 Å². The van der Waals surface area contributed by atoms with E-state index >= 15 is 0 Å². The number of benzene rings is 2. The normalized spacial score (nSPS) is 12.1. The van der Waals surface area contributed by atoms with E-state index in [0.717, 1.165) is 29.5 Å². The van der Waals surface area contributed by atoms with E-state index < -0.39 is 16.1 Å². The molecular weight excluding hydrogens is 490 g/mol. The summed E-state index contributed by atoms with van der Waals surface area (Å²) in [5.74, 6) is 0.297. The third-order valence-corrected chi connectivity index (χ3v) is 7.35. The predicted octanol–water partition coefficient (Wildman–Crippen LogP) is 4.19. The summed E-state index contributed by atoms with van der Waals surface area (Å²) in [6.45, 7) is 8.60. The zero-order valence-corrected chi connectivity index (χ0v) is 23.7. The lowest BCUT2D eigenvalue weighted by Crippen LogP contribution is -2.48. The Labute approximate surface area is 222 Å². The van der Waals surface area contributed by atoms with Crippen molar-refractivity contribution in [2.24, 2.45) is 0 Å². The van der Waals surface area contributed by atoms with E-state index in [0.29, 0.717) is 24.4 Å². The monoisotopic (exact) mass is 531 g/mol. The number of carbonyl (C=O) groups excluding carboxylic acids is 2. The second-order valence-electron chi connectivity index (χ2n) is 9.47. The largest absolute Gasteiger partial charge is 0.497 e. The minimum absolute atomic E-state index is 0.111. The maximum absolute atomic E-state index is 13.4. The molecule has 0 saturated heterocycles. The van der Waals surface area contributed by atoms with Crippen LogP contribution in [0.4, 0.5) is 5.69 Å². The highest BCUT2D eigenvalue weighted by Crippen LogP contribution is 2.22. The number of nitrogens with one attached hydrogen (secondary N) is 1. The average molecular weight is 532 g/mol. The Bertz CT molecular complexity index is 1130. The molecule has 0 aliphatic heterocycles. The Morgan fingerprint density at radius 2 is 1.65 bits per heavy atom. The number of anilines is 1. The summed E-state index contributed by atoms with van der Waals surface area (Å²) in [6, 6.07) is 12.3. The predicted molar refractivity (Wildman–Crippen MR) is 148 cm³/mol. The van der Waals surface area contributed by atoms with E-state index in [1.54, 1.807) is 18.9 Å². The number of hydrogen-bond acceptors (Lipinski definition) is 5. The quantitative estimate of drug-likeness (QED) is 0.369. The van der Waals surface area contributed by atoms with Crippen LogP contribution in [0.2, 0.25) is 0 Å². The van der Waals surface area contributed by atoms with Crippen molar-refractivity contribution in [3.05, 3.63) is 59.2 Å². The maximum atomic E-state index is 13.4. The first-order chi connectivity index (χ1) is 17.5. The number of hydrogen-bond donors (Lipinski definition) is 1. The molecule has 1 atom stereocenters. The molecule has 1 N–H and O–H groups in total. The number of methoxy groups -OCH3 is 1. The standard InChI is InChI=1S/C28H41N3O5S/c1-7-8-15-29-28(33)23(4)30(20-24-11-13-26(36-5)14-12-24)27(32)10-9-16-31(37(6,34)35)25-18-21(2)17-22(3)19-25/h11-14,17-19,23H,7-10,15-16,20H2,1-6H3,(H,29,33). The second-order valence-corrected chi connectivity index (χ2v) is 11.4. The SMILES string of the molecule is CCCCNC(=O)C(C)N(Cc1ccc(OC)cc1)C(=O)CCCN(c1cc(C)cc(C)c1)S(C)(=O)=O. The topological polar surface area (TPSA) is 96.0 Å². The fourth-order valence-electron chi connectivity index (χ4n) is 4.14. The lowest BCUT2D eigenvalue weighted by atomic mass is 10.1. The van der Waals surface area contributed by atoms with Gasteiger partial charge in [-0.15, -0.1) is 0 Å². The van der Waals surface area contributed by atoms with Gasteiger partial charge in [0.2, 0.25) is 21.8 Å². The molecule has 0 bridgehead atoms. The number of unbranched alkanes of at least 4 members (excludes halogenated alkanes) is 1. The van der Waals surface area contributed by atoms with Crippen LogP contribution in [-0.4, -0.2) is 57.6 Å². The number of nitrogens with zero attached hydrogens (tertiary/aromatic N) is 2. The molecule has 0 radical (unpaired) electrons. The molecule has 8 nitrogen and oxygen atoms in total. The van der Waals surface area contributed by atoms with Crippen LogP contribution in [0.1, 0.15) is 56.2 Å². The summed E-state index contributed by atoms with van der Waals surface area (Å²) >= 11 is 0. The minimum Gasteiger partial charge on any atom is -0.497 e. The Balaban J connectivity index is 2.17. The van der Waals surface area contributed by atoms with Gasteiger partial charge in [-0.2, -0.15) is 0 Å². The van der Waals surface area contributed by atoms with Crippen LogP contribution in [0.15, 0.2) is 42.5 Å². The Hall–Kier alpha value is -3.07. The Morgan fingerprint density at radius 1 is 1.03 bits per heavy atom. The lowest BCUT2D eigenvalue weighted by molar-refractivity contribution is -0.140. The molecule has 37 heavy (non-hydrogen) atoms. The maximum Gasteiger partial charge on any atom is 0.242 e. The zero-order chi connectivity index (χ0) is 27.6. The van der Waals surface area contributed by atoms with E-state index in [9.17, 15) is 18.0 Å². The highest BCUT2D eigenvalue weighted by Gasteiger charge is 2.26. The minimum atomic E-state index is -3.54. The molecular formula is C28H41N3O5S. The first kappa shape index (κ1) is 30.2. The molecule has 0 spiro atoms. The van der Waals surface area contributed by atoms with Gasteiger partial charge in [-0.05, 0) is 74.6 Å². The van der Waals surface area contributed by atoms with Gasteiger partial charge in [0.1, 0.15) is 11.8 Å². The number of aryl methyl sites for hydroxylation is 2. The first-order valence-electron chi connectivity index (χ1n) is 12.7. The molecule has 0 aromatic heterocycles. The van der Waals surface area contributed by atoms with Crippen molar-refractivity contribution in [3.63, 3.8) is 0 Å². The van der Waals surface area contributed by atoms with Crippen LogP contribution in [0.3, 0.4) is 0 Å². The number of ether oxygens (including phenoxy) is 1. The van der Waals surface area contributed by atoms with Crippen LogP contribution in [0.5, 0.6) is 5.75 Å². The number of rotatable bonds is 14. The lowest BCUT2D eigenvalue weighted by Gasteiger charge is -2.29. The van der Waals surface area contributed by atoms with Crippen LogP contribution in [0, 0.1) is 13.8 Å². The Kier molecular flexibility index (Phi) is 11.4. The van der Waals surface area contributed by atoms with Gasteiger partial charge < -0.3 is 15.0 Å². The van der Waals surface area contributed by atoms with Gasteiger partial charge in [-0.1, -0.05) is 31.5 Å². The molecule has 9 heteroatoms. The highest BCUT2D eigenvalue weighted by molar-refractivity contribution is 7.92. The van der Waals surface area contributed by atoms with E-state index in [2.05, 4.69) is 5.32 Å². The molecule has 204 valence electrons. The van der Waals surface area contributed by atoms with Crippen molar-refractivity contribution < 1.29 is 22.7 Å². The molecule has 2 amide bonds. The van der Waals surface area contributed by atoms with Crippen LogP contribution < -0.4 is 14.4 Å². The van der Waals surface area contributed by atoms with Crippen molar-refractivity contribution in [3.8, 4) is 5.75 Å². The number of sulfonamides is 1. The van der Waals surface area contributed by atoms with Crippen LogP contribution in [-0.2, 0) is 26.2 Å². The van der Waals surface area contributed by atoms with Gasteiger partial charge in [-0.25, -0.2) is 8.42 Å². The summed E-state index contributed by atoms with van der Waals surface area (Å²) in [5.41, 5.74) is 3.39. The molecule has 0 aliphatic carbocycles. The zero-order valence-electron chi connectivity index (χ0n) is 22.9. The van der Waals surface area contributed by atoms with Crippen molar-refractivity contribution in [1.29, 1.82) is 0 Å². The first-order valence-corrected chi connectivity index (χ1v) is 14.6. The molecule has 1 unspecified atom stereocenters. The second kappa shape index (κ2) is 14.0. The summed E-state index contributed by atoms with van der Waals surface area (Å²) in [5, 5.41) is 2.91. The molecule has 2 aromatic carbocycles. The summed E-state index contributed by atoms with van der Waals surface area (Å²) < 4.78 is 31.7. The Morgan fingerprint density at radius 3 is 2.19 bits per heavy atom. The van der Waals surface area contributed by atoms with Crippen molar-refractivity contribution in [2.75, 3.05) is 30.8 Å². The number of amides is 2. The van der Waals surface area contributed by atoms with Crippen LogP contribution in [0.25, 0.3) is 0 Å². The van der Waals surface area contributed by atoms with Gasteiger partial charge in [0.05, 0.1) is 19.1 Å². The summed E-state index contributed by atoms with van der Waals surface area (Å²) in [4.78, 5) is 27.7. The van der Waals surface area contributed by atoms with E-state index in [1.165, 1.54) is 10.6 Å². The average Bonchev–Trinajstić information content (AvgIpc) is 2.83. The van der Waals surface area contributed by atoms with Gasteiger partial charge in [0, 0.05) is 26.1 Å². The summed E-state index contributed by atoms with van der Waals surface area (Å²) in [6.07, 6.45) is 3.43. The van der Waals surface area contributed by atoms with Crippen molar-refractivity contribution in [1.82, 2.24) is 10.2 Å².